The third kappa shape index (κ3) is 3.62. The Kier molecular flexibility index (Phi) is 4.19. The van der Waals surface area contributed by atoms with Gasteiger partial charge in [-0.25, -0.2) is 0 Å². The third-order valence-electron chi connectivity index (χ3n) is 2.01. The van der Waals surface area contributed by atoms with Gasteiger partial charge in [-0.15, -0.1) is 0 Å². The van der Waals surface area contributed by atoms with Crippen molar-refractivity contribution in [1.29, 1.82) is 0 Å². The molecule has 0 aliphatic heterocycles. The molecule has 0 aliphatic rings. The van der Waals surface area contributed by atoms with Gasteiger partial charge in [0, 0.05) is 12.5 Å². The molecule has 0 saturated heterocycles. The predicted molar refractivity (Wildman–Crippen MR) is 53.4 cm³/mol. The van der Waals surface area contributed by atoms with Crippen molar-refractivity contribution in [1.82, 2.24) is 5.32 Å². The number of hydrogen-bond acceptors (Lipinski definition) is 3. The lowest BCUT2D eigenvalue weighted by molar-refractivity contribution is -0.121. The van der Waals surface area contributed by atoms with Crippen LogP contribution in [0.15, 0.2) is 22.8 Å². The fourth-order valence-corrected chi connectivity index (χ4v) is 1.05. The summed E-state index contributed by atoms with van der Waals surface area (Å²) in [6.45, 7) is 2.40. The first-order valence-corrected chi connectivity index (χ1v) is 4.77. The van der Waals surface area contributed by atoms with Crippen LogP contribution in [-0.2, 0) is 11.3 Å². The lowest BCUT2D eigenvalue weighted by atomic mass is 10.1. The van der Waals surface area contributed by atoms with E-state index in [1.165, 1.54) is 0 Å². The molecule has 1 aromatic rings. The molecule has 1 atom stereocenters. The Morgan fingerprint density at radius 2 is 2.50 bits per heavy atom. The van der Waals surface area contributed by atoms with Gasteiger partial charge in [0.1, 0.15) is 5.76 Å². The highest BCUT2D eigenvalue weighted by molar-refractivity contribution is 5.76. The summed E-state index contributed by atoms with van der Waals surface area (Å²) >= 11 is 0. The van der Waals surface area contributed by atoms with Gasteiger partial charge in [-0.1, -0.05) is 6.92 Å². The highest BCUT2D eigenvalue weighted by atomic mass is 16.3. The molecule has 0 spiro atoms. The van der Waals surface area contributed by atoms with E-state index in [4.69, 9.17) is 10.2 Å². The van der Waals surface area contributed by atoms with E-state index >= 15 is 0 Å². The lowest BCUT2D eigenvalue weighted by Crippen LogP contribution is -2.30. The van der Waals surface area contributed by atoms with Crippen molar-refractivity contribution in [3.05, 3.63) is 24.2 Å². The summed E-state index contributed by atoms with van der Waals surface area (Å²) in [5.41, 5.74) is 5.64. The van der Waals surface area contributed by atoms with Crippen LogP contribution in [0.2, 0.25) is 0 Å². The Bertz CT molecular complexity index is 270. The molecule has 0 fully saturated rings. The summed E-state index contributed by atoms with van der Waals surface area (Å²) in [4.78, 5) is 11.3. The van der Waals surface area contributed by atoms with Crippen LogP contribution in [0.4, 0.5) is 0 Å². The number of carbonyl (C=O) groups is 1. The first-order chi connectivity index (χ1) is 6.72. The number of nitrogens with two attached hydrogens (primary N) is 1. The van der Waals surface area contributed by atoms with Gasteiger partial charge in [0.2, 0.25) is 5.91 Å². The second-order valence-electron chi connectivity index (χ2n) is 3.23. The third-order valence-corrected chi connectivity index (χ3v) is 2.01. The van der Waals surface area contributed by atoms with Gasteiger partial charge in [0.15, 0.2) is 0 Å². The smallest absolute Gasteiger partial charge is 0.221 e. The number of carbonyl (C=O) groups excluding carboxylic acids is 1. The van der Waals surface area contributed by atoms with E-state index in [9.17, 15) is 4.79 Å². The molecule has 0 saturated carbocycles. The Morgan fingerprint density at radius 3 is 3.07 bits per heavy atom. The topological polar surface area (TPSA) is 68.3 Å². The molecule has 0 bridgehead atoms. The molecule has 0 aromatic carbocycles. The van der Waals surface area contributed by atoms with Crippen LogP contribution in [0.5, 0.6) is 0 Å². The number of amides is 1. The molecule has 1 heterocycles. The van der Waals surface area contributed by atoms with Crippen LogP contribution in [-0.4, -0.2) is 11.9 Å². The molecule has 0 radical (unpaired) electrons. The molecule has 4 nitrogen and oxygen atoms in total. The normalized spacial score (nSPS) is 12.4. The summed E-state index contributed by atoms with van der Waals surface area (Å²) in [5, 5.41) is 2.74. The van der Waals surface area contributed by atoms with E-state index in [0.717, 1.165) is 12.2 Å². The summed E-state index contributed by atoms with van der Waals surface area (Å²) in [6.07, 6.45) is 2.77. The number of rotatable bonds is 5. The van der Waals surface area contributed by atoms with Crippen LogP contribution in [0.3, 0.4) is 0 Å². The number of furan rings is 1. The van der Waals surface area contributed by atoms with Gasteiger partial charge in [-0.05, 0) is 18.6 Å². The van der Waals surface area contributed by atoms with Gasteiger partial charge in [0.25, 0.3) is 0 Å². The van der Waals surface area contributed by atoms with E-state index in [1.807, 2.05) is 13.0 Å². The summed E-state index contributed by atoms with van der Waals surface area (Å²) < 4.78 is 5.07. The average molecular weight is 196 g/mol. The minimum atomic E-state index is -0.0494. The first kappa shape index (κ1) is 10.8. The number of nitrogens with one attached hydrogen (secondary N) is 1. The second-order valence-corrected chi connectivity index (χ2v) is 3.23. The fourth-order valence-electron chi connectivity index (χ4n) is 1.05. The minimum Gasteiger partial charge on any atom is -0.467 e. The fraction of sp³-hybridized carbons (Fsp3) is 0.500. The van der Waals surface area contributed by atoms with E-state index in [2.05, 4.69) is 5.32 Å². The van der Waals surface area contributed by atoms with Gasteiger partial charge in [-0.2, -0.15) is 0 Å². The van der Waals surface area contributed by atoms with Crippen molar-refractivity contribution in [2.75, 3.05) is 0 Å². The van der Waals surface area contributed by atoms with Crippen LogP contribution >= 0.6 is 0 Å². The zero-order valence-corrected chi connectivity index (χ0v) is 8.32. The largest absolute Gasteiger partial charge is 0.467 e. The Balaban J connectivity index is 2.22. The van der Waals surface area contributed by atoms with Crippen LogP contribution < -0.4 is 11.1 Å². The van der Waals surface area contributed by atoms with Crippen LogP contribution in [0.1, 0.15) is 25.5 Å². The molecule has 4 heteroatoms. The monoisotopic (exact) mass is 196 g/mol. The highest BCUT2D eigenvalue weighted by Crippen LogP contribution is 1.99. The van der Waals surface area contributed by atoms with Gasteiger partial charge >= 0.3 is 0 Å². The predicted octanol–water partition coefficient (Wildman–Crippen LogP) is 1.02. The maximum absolute atomic E-state index is 11.3. The molecule has 1 unspecified atom stereocenters. The van der Waals surface area contributed by atoms with Crippen molar-refractivity contribution >= 4 is 5.91 Å². The van der Waals surface area contributed by atoms with Crippen LogP contribution in [0, 0.1) is 0 Å². The molecule has 3 N–H and O–H groups in total. The standard InChI is InChI=1S/C10H16N2O2/c1-2-8(11)6-10(13)12-7-9-4-3-5-14-9/h3-5,8H,2,6-7,11H2,1H3,(H,12,13). The molecule has 0 aliphatic carbocycles. The van der Waals surface area contributed by atoms with E-state index in [-0.39, 0.29) is 11.9 Å². The van der Waals surface area contributed by atoms with Crippen LogP contribution in [0.25, 0.3) is 0 Å². The zero-order valence-electron chi connectivity index (χ0n) is 8.32. The zero-order chi connectivity index (χ0) is 10.4. The second kappa shape index (κ2) is 5.44. The first-order valence-electron chi connectivity index (χ1n) is 4.77. The maximum Gasteiger partial charge on any atom is 0.221 e. The maximum atomic E-state index is 11.3. The van der Waals surface area contributed by atoms with Crippen molar-refractivity contribution in [2.45, 2.75) is 32.4 Å². The summed E-state index contributed by atoms with van der Waals surface area (Å²) in [6, 6.07) is 3.56. The van der Waals surface area contributed by atoms with E-state index < -0.39 is 0 Å². The molecule has 78 valence electrons. The van der Waals surface area contributed by atoms with Crippen molar-refractivity contribution in [3.63, 3.8) is 0 Å². The molecule has 1 aromatic heterocycles. The van der Waals surface area contributed by atoms with E-state index in [0.29, 0.717) is 13.0 Å². The molecule has 14 heavy (non-hydrogen) atoms. The molecule has 1 rings (SSSR count). The summed E-state index contributed by atoms with van der Waals surface area (Å²) in [5.74, 6) is 0.721. The average Bonchev–Trinajstić information content (AvgIpc) is 2.67. The Labute approximate surface area is 83.5 Å². The summed E-state index contributed by atoms with van der Waals surface area (Å²) in [7, 11) is 0. The molecule has 1 amide bonds. The number of hydrogen-bond donors (Lipinski definition) is 2. The quantitative estimate of drug-likeness (QED) is 0.738. The van der Waals surface area contributed by atoms with Crippen molar-refractivity contribution in [3.8, 4) is 0 Å². The Morgan fingerprint density at radius 1 is 1.71 bits per heavy atom. The van der Waals surface area contributed by atoms with Gasteiger partial charge in [0.05, 0.1) is 12.8 Å². The minimum absolute atomic E-state index is 0.0317. The SMILES string of the molecule is CCC(N)CC(=O)NCc1ccco1. The Hall–Kier alpha value is -1.29. The van der Waals surface area contributed by atoms with Crippen molar-refractivity contribution in [2.24, 2.45) is 5.73 Å². The van der Waals surface area contributed by atoms with Gasteiger partial charge < -0.3 is 15.5 Å². The highest BCUT2D eigenvalue weighted by Gasteiger charge is 2.07. The molecular weight excluding hydrogens is 180 g/mol. The van der Waals surface area contributed by atoms with E-state index in [1.54, 1.807) is 12.3 Å². The lowest BCUT2D eigenvalue weighted by Gasteiger charge is -2.07. The van der Waals surface area contributed by atoms with Crippen molar-refractivity contribution < 1.29 is 9.21 Å². The van der Waals surface area contributed by atoms with Gasteiger partial charge in [-0.3, -0.25) is 4.79 Å². The molecular formula is C10H16N2O2.